The third-order valence-corrected chi connectivity index (χ3v) is 3.73. The Morgan fingerprint density at radius 1 is 1.44 bits per heavy atom. The first-order valence-electron chi connectivity index (χ1n) is 4.56. The molecule has 1 atom stereocenters. The highest BCUT2D eigenvalue weighted by molar-refractivity contribution is 7.89. The quantitative estimate of drug-likeness (QED) is 0.567. The molecule has 3 amide bonds. The van der Waals surface area contributed by atoms with Crippen LogP contribution in [0, 0.1) is 0 Å². The third-order valence-electron chi connectivity index (χ3n) is 2.75. The number of imide groups is 1. The Kier molecular flexibility index (Phi) is 1.49. The maximum absolute atomic E-state index is 11.8. The van der Waals surface area contributed by atoms with Crippen LogP contribution in [0.4, 0.5) is 4.79 Å². The van der Waals surface area contributed by atoms with Crippen LogP contribution >= 0.6 is 0 Å². The first-order chi connectivity index (χ1) is 7.41. The Bertz CT molecular complexity index is 588. The minimum Gasteiger partial charge on any atom is -0.277 e. The number of sulfonamides is 1. The van der Waals surface area contributed by atoms with E-state index in [4.69, 9.17) is 0 Å². The molecule has 84 valence electrons. The lowest BCUT2D eigenvalue weighted by Crippen LogP contribution is -2.40. The average Bonchev–Trinajstić information content (AvgIpc) is 2.77. The number of aliphatic imine (C=N–C) groups is 1. The minimum absolute atomic E-state index is 0.114. The van der Waals surface area contributed by atoms with E-state index in [1.165, 1.54) is 4.90 Å². The van der Waals surface area contributed by atoms with Crippen molar-refractivity contribution in [1.82, 2.24) is 9.21 Å². The van der Waals surface area contributed by atoms with Crippen LogP contribution in [0.5, 0.6) is 0 Å². The van der Waals surface area contributed by atoms with E-state index < -0.39 is 22.0 Å². The number of rotatable bonds is 1. The van der Waals surface area contributed by atoms with Gasteiger partial charge in [-0.15, -0.1) is 4.31 Å². The average molecular weight is 241 g/mol. The smallest absolute Gasteiger partial charge is 0.277 e. The second kappa shape index (κ2) is 2.51. The van der Waals surface area contributed by atoms with Crippen molar-refractivity contribution in [2.45, 2.75) is 12.5 Å². The summed E-state index contributed by atoms with van der Waals surface area (Å²) in [5.74, 6) is -0.790. The van der Waals surface area contributed by atoms with Crippen molar-refractivity contribution in [3.8, 4) is 0 Å². The topological polar surface area (TPSA) is 87.1 Å². The molecule has 1 fully saturated rings. The van der Waals surface area contributed by atoms with E-state index in [2.05, 4.69) is 4.99 Å². The van der Waals surface area contributed by atoms with Gasteiger partial charge in [0.05, 0.1) is 18.0 Å². The summed E-state index contributed by atoms with van der Waals surface area (Å²) in [4.78, 5) is 28.7. The van der Waals surface area contributed by atoms with Crippen LogP contribution < -0.4 is 0 Å². The lowest BCUT2D eigenvalue weighted by Gasteiger charge is -2.17. The van der Waals surface area contributed by atoms with Crippen molar-refractivity contribution in [1.29, 1.82) is 0 Å². The zero-order valence-electron chi connectivity index (χ0n) is 8.24. The van der Waals surface area contributed by atoms with Gasteiger partial charge in [0.15, 0.2) is 0 Å². The molecule has 0 aromatic carbocycles. The number of carbonyl (C=O) groups is 2. The number of nitrogens with zero attached hydrogens (tertiary/aromatic N) is 3. The van der Waals surface area contributed by atoms with E-state index in [1.807, 2.05) is 0 Å². The summed E-state index contributed by atoms with van der Waals surface area (Å²) in [7, 11) is -3.86. The zero-order valence-corrected chi connectivity index (χ0v) is 9.06. The highest BCUT2D eigenvalue weighted by atomic mass is 32.2. The van der Waals surface area contributed by atoms with Gasteiger partial charge in [0, 0.05) is 12.6 Å². The molecule has 3 aliphatic rings. The molecule has 7 nitrogen and oxygen atoms in total. The van der Waals surface area contributed by atoms with E-state index in [9.17, 15) is 18.0 Å². The molecule has 1 saturated heterocycles. The predicted molar refractivity (Wildman–Crippen MR) is 52.8 cm³/mol. The molecule has 0 aliphatic carbocycles. The molecule has 16 heavy (non-hydrogen) atoms. The number of amides is 3. The maximum Gasteiger partial charge on any atom is 0.346 e. The molecule has 0 N–H and O–H groups in total. The molecule has 0 aromatic heterocycles. The van der Waals surface area contributed by atoms with E-state index in [1.54, 1.807) is 6.21 Å². The van der Waals surface area contributed by atoms with Crippen molar-refractivity contribution < 1.29 is 18.0 Å². The highest BCUT2D eigenvalue weighted by Crippen LogP contribution is 2.39. The van der Waals surface area contributed by atoms with Gasteiger partial charge in [-0.1, -0.05) is 0 Å². The minimum atomic E-state index is -3.86. The normalized spacial score (nSPS) is 27.4. The summed E-state index contributed by atoms with van der Waals surface area (Å²) in [5, 5.41) is 0. The van der Waals surface area contributed by atoms with Crippen molar-refractivity contribution in [3.63, 3.8) is 0 Å². The molecule has 1 unspecified atom stereocenters. The van der Waals surface area contributed by atoms with Crippen LogP contribution in [0.25, 0.3) is 0 Å². The Morgan fingerprint density at radius 2 is 2.12 bits per heavy atom. The molecular formula is C8H7N3O4S. The molecule has 2 bridgehead atoms. The molecule has 8 heteroatoms. The van der Waals surface area contributed by atoms with Gasteiger partial charge in [-0.25, -0.2) is 13.2 Å². The SMILES string of the molecule is CS(=O)(=O)N1C(=O)C2=C3CC(C=N3)N2C1=O. The zero-order chi connectivity index (χ0) is 11.7. The van der Waals surface area contributed by atoms with Crippen LogP contribution in [-0.4, -0.2) is 48.1 Å². The Balaban J connectivity index is 2.18. The maximum atomic E-state index is 11.8. The van der Waals surface area contributed by atoms with Crippen molar-refractivity contribution in [2.24, 2.45) is 4.99 Å². The molecule has 0 radical (unpaired) electrons. The Morgan fingerprint density at radius 3 is 2.69 bits per heavy atom. The summed E-state index contributed by atoms with van der Waals surface area (Å²) in [5.41, 5.74) is 0.609. The fourth-order valence-electron chi connectivity index (χ4n) is 2.14. The van der Waals surface area contributed by atoms with Crippen molar-refractivity contribution >= 4 is 28.2 Å². The summed E-state index contributed by atoms with van der Waals surface area (Å²) >= 11 is 0. The van der Waals surface area contributed by atoms with Gasteiger partial charge in [-0.05, 0) is 0 Å². The molecule has 3 rings (SSSR count). The first-order valence-corrected chi connectivity index (χ1v) is 6.41. The lowest BCUT2D eigenvalue weighted by molar-refractivity contribution is -0.119. The van der Waals surface area contributed by atoms with Crippen LogP contribution in [0.1, 0.15) is 6.42 Å². The fraction of sp³-hybridized carbons (Fsp3) is 0.375. The van der Waals surface area contributed by atoms with Crippen molar-refractivity contribution in [3.05, 3.63) is 11.4 Å². The number of fused-ring (bicyclic) bond motifs is 4. The van der Waals surface area contributed by atoms with Crippen LogP contribution in [0.15, 0.2) is 16.4 Å². The van der Waals surface area contributed by atoms with Gasteiger partial charge in [0.25, 0.3) is 5.91 Å². The van der Waals surface area contributed by atoms with Crippen LogP contribution in [0.3, 0.4) is 0 Å². The largest absolute Gasteiger partial charge is 0.346 e. The fourth-order valence-corrected chi connectivity index (χ4v) is 2.90. The molecule has 0 aromatic rings. The summed E-state index contributed by atoms with van der Waals surface area (Å²) in [6, 6.07) is -1.10. The van der Waals surface area contributed by atoms with Gasteiger partial charge in [-0.3, -0.25) is 14.7 Å². The Hall–Kier alpha value is -1.70. The van der Waals surface area contributed by atoms with Crippen molar-refractivity contribution in [2.75, 3.05) is 6.26 Å². The third kappa shape index (κ3) is 0.921. The van der Waals surface area contributed by atoms with Gasteiger partial charge in [0.2, 0.25) is 10.0 Å². The Labute approximate surface area is 91.1 Å². The highest BCUT2D eigenvalue weighted by Gasteiger charge is 2.54. The number of carbonyl (C=O) groups excluding carboxylic acids is 2. The summed E-state index contributed by atoms with van der Waals surface area (Å²) in [6.07, 6.45) is 2.89. The lowest BCUT2D eigenvalue weighted by atomic mass is 10.3. The van der Waals surface area contributed by atoms with Gasteiger partial charge in [0.1, 0.15) is 5.70 Å². The predicted octanol–water partition coefficient (Wildman–Crippen LogP) is -0.722. The molecule has 3 aliphatic heterocycles. The van der Waals surface area contributed by atoms with E-state index >= 15 is 0 Å². The van der Waals surface area contributed by atoms with E-state index in [0.29, 0.717) is 16.4 Å². The second-order valence-corrected chi connectivity index (χ2v) is 5.66. The number of hydrogen-bond donors (Lipinski definition) is 0. The summed E-state index contributed by atoms with van der Waals surface area (Å²) < 4.78 is 22.9. The van der Waals surface area contributed by atoms with Crippen LogP contribution in [0.2, 0.25) is 0 Å². The van der Waals surface area contributed by atoms with Gasteiger partial charge in [-0.2, -0.15) is 0 Å². The number of hydrogen-bond acceptors (Lipinski definition) is 5. The molecular weight excluding hydrogens is 234 g/mol. The first kappa shape index (κ1) is 9.52. The van der Waals surface area contributed by atoms with Crippen LogP contribution in [-0.2, 0) is 14.8 Å². The molecule has 3 heterocycles. The molecule has 0 spiro atoms. The van der Waals surface area contributed by atoms with Gasteiger partial charge >= 0.3 is 6.03 Å². The second-order valence-electron chi connectivity index (χ2n) is 3.83. The number of urea groups is 1. The van der Waals surface area contributed by atoms with Gasteiger partial charge < -0.3 is 0 Å². The summed E-state index contributed by atoms with van der Waals surface area (Å²) in [6.45, 7) is 0. The van der Waals surface area contributed by atoms with E-state index in [-0.39, 0.29) is 11.7 Å². The molecule has 0 saturated carbocycles. The monoisotopic (exact) mass is 241 g/mol. The standard InChI is InChI=1S/C8H7N3O4S/c1-16(14,15)11-7(12)6-5-2-4(3-9-5)10(6)8(11)13/h3-4H,2H2,1H3. The van der Waals surface area contributed by atoms with E-state index in [0.717, 1.165) is 6.26 Å².